The highest BCUT2D eigenvalue weighted by Gasteiger charge is 2.37. The van der Waals surface area contributed by atoms with Crippen LogP contribution in [-0.2, 0) is 16.1 Å². The number of anilines is 2. The molecule has 3 N–H and O–H groups in total. The lowest BCUT2D eigenvalue weighted by molar-refractivity contribution is -0.136. The summed E-state index contributed by atoms with van der Waals surface area (Å²) in [5, 5.41) is 0. The number of aromatic amines is 1. The van der Waals surface area contributed by atoms with Crippen molar-refractivity contribution in [3.63, 3.8) is 0 Å². The van der Waals surface area contributed by atoms with Crippen LogP contribution < -0.4 is 21.9 Å². The Hall–Kier alpha value is -2.58. The van der Waals surface area contributed by atoms with Crippen LogP contribution in [0, 0.1) is 11.8 Å². The molecule has 1 saturated heterocycles. The number of likely N-dealkylation sites (tertiary alicyclic amines) is 1. The van der Waals surface area contributed by atoms with E-state index in [-0.39, 0.29) is 35.2 Å². The van der Waals surface area contributed by atoms with E-state index in [0.29, 0.717) is 39.0 Å². The third kappa shape index (κ3) is 5.42. The zero-order chi connectivity index (χ0) is 23.3. The number of rotatable bonds is 10. The number of hydrogen-bond donors (Lipinski definition) is 2. The fourth-order valence-corrected chi connectivity index (χ4v) is 4.38. The van der Waals surface area contributed by atoms with Gasteiger partial charge in [-0.25, -0.2) is 4.79 Å². The molecule has 0 radical (unpaired) electrons. The molecule has 9 heteroatoms. The summed E-state index contributed by atoms with van der Waals surface area (Å²) >= 11 is 0. The molecule has 0 spiro atoms. The van der Waals surface area contributed by atoms with Crippen molar-refractivity contribution in [3.05, 3.63) is 20.8 Å². The molecule has 3 rings (SSSR count). The summed E-state index contributed by atoms with van der Waals surface area (Å²) in [6, 6.07) is 0. The number of unbranched alkanes of at least 4 members (excludes halogenated alkanes) is 3. The molecule has 1 aliphatic carbocycles. The van der Waals surface area contributed by atoms with Gasteiger partial charge in [0, 0.05) is 38.0 Å². The van der Waals surface area contributed by atoms with Crippen LogP contribution in [-0.4, -0.2) is 45.9 Å². The van der Waals surface area contributed by atoms with Crippen molar-refractivity contribution >= 4 is 23.3 Å². The molecular formula is C23H37N5O4. The summed E-state index contributed by atoms with van der Waals surface area (Å²) in [4.78, 5) is 56.7. The van der Waals surface area contributed by atoms with E-state index in [1.807, 2.05) is 11.8 Å². The van der Waals surface area contributed by atoms with Gasteiger partial charge in [-0.1, -0.05) is 33.1 Å². The molecule has 2 fully saturated rings. The topological polar surface area (TPSA) is 121 Å². The molecule has 1 aromatic rings. The van der Waals surface area contributed by atoms with Crippen molar-refractivity contribution in [2.75, 3.05) is 30.3 Å². The number of amides is 2. The average Bonchev–Trinajstić information content (AvgIpc) is 3.62. The number of aromatic nitrogens is 2. The van der Waals surface area contributed by atoms with Crippen LogP contribution in [0.5, 0.6) is 0 Å². The van der Waals surface area contributed by atoms with E-state index in [9.17, 15) is 19.2 Å². The highest BCUT2D eigenvalue weighted by molar-refractivity contribution is 5.97. The van der Waals surface area contributed by atoms with Gasteiger partial charge in [0.25, 0.3) is 5.56 Å². The first kappa shape index (κ1) is 24.1. The van der Waals surface area contributed by atoms with Crippen molar-refractivity contribution in [1.29, 1.82) is 0 Å². The van der Waals surface area contributed by atoms with Gasteiger partial charge >= 0.3 is 5.69 Å². The SMILES string of the molecule is CCCCCN(C(=O)C1CCN(C(=O)C2CC2)CC1)c1c(N)n(CCCC)c(=O)[nH]c1=O. The molecule has 0 aromatic carbocycles. The molecule has 2 amide bonds. The molecule has 2 aliphatic rings. The van der Waals surface area contributed by atoms with Gasteiger partial charge in [-0.3, -0.25) is 23.9 Å². The Kier molecular flexibility index (Phi) is 8.15. The van der Waals surface area contributed by atoms with E-state index in [1.165, 1.54) is 9.47 Å². The second-order valence-corrected chi connectivity index (χ2v) is 9.07. The summed E-state index contributed by atoms with van der Waals surface area (Å²) in [5.41, 5.74) is 5.22. The molecule has 9 nitrogen and oxygen atoms in total. The van der Waals surface area contributed by atoms with Crippen molar-refractivity contribution < 1.29 is 9.59 Å². The zero-order valence-electron chi connectivity index (χ0n) is 19.4. The first-order valence-electron chi connectivity index (χ1n) is 12.1. The highest BCUT2D eigenvalue weighted by atomic mass is 16.2. The van der Waals surface area contributed by atoms with E-state index in [2.05, 4.69) is 11.9 Å². The number of carbonyl (C=O) groups excluding carboxylic acids is 2. The van der Waals surface area contributed by atoms with Gasteiger partial charge in [-0.2, -0.15) is 0 Å². The van der Waals surface area contributed by atoms with Gasteiger partial charge in [-0.05, 0) is 38.5 Å². The number of nitrogens with two attached hydrogens (primary N) is 1. The maximum atomic E-state index is 13.6. The highest BCUT2D eigenvalue weighted by Crippen LogP contribution is 2.33. The third-order valence-electron chi connectivity index (χ3n) is 6.55. The first-order valence-corrected chi connectivity index (χ1v) is 12.1. The first-order chi connectivity index (χ1) is 15.4. The second-order valence-electron chi connectivity index (χ2n) is 9.07. The van der Waals surface area contributed by atoms with Gasteiger partial charge in [0.1, 0.15) is 5.82 Å². The molecule has 32 heavy (non-hydrogen) atoms. The maximum Gasteiger partial charge on any atom is 0.330 e. The fraction of sp³-hybridized carbons (Fsp3) is 0.739. The molecule has 0 bridgehead atoms. The van der Waals surface area contributed by atoms with Crippen LogP contribution in [0.15, 0.2) is 9.59 Å². The normalized spacial score (nSPS) is 16.9. The predicted octanol–water partition coefficient (Wildman–Crippen LogP) is 2.09. The van der Waals surface area contributed by atoms with Crippen LogP contribution in [0.4, 0.5) is 11.5 Å². The zero-order valence-corrected chi connectivity index (χ0v) is 19.4. The van der Waals surface area contributed by atoms with E-state index in [1.54, 1.807) is 0 Å². The molecule has 0 unspecified atom stereocenters. The van der Waals surface area contributed by atoms with Gasteiger partial charge in [-0.15, -0.1) is 0 Å². The van der Waals surface area contributed by atoms with Crippen molar-refractivity contribution in [1.82, 2.24) is 14.5 Å². The van der Waals surface area contributed by atoms with E-state index in [0.717, 1.165) is 44.9 Å². The molecule has 0 atom stereocenters. The number of piperidine rings is 1. The monoisotopic (exact) mass is 447 g/mol. The summed E-state index contributed by atoms with van der Waals surface area (Å²) in [5.74, 6) is 0.0281. The molecule has 1 aliphatic heterocycles. The summed E-state index contributed by atoms with van der Waals surface area (Å²) in [6.45, 7) is 5.99. The smallest absolute Gasteiger partial charge is 0.330 e. The molecule has 2 heterocycles. The van der Waals surface area contributed by atoms with Gasteiger partial charge < -0.3 is 15.5 Å². The third-order valence-corrected chi connectivity index (χ3v) is 6.55. The number of nitrogens with one attached hydrogen (secondary N) is 1. The Morgan fingerprint density at radius 1 is 1.00 bits per heavy atom. The van der Waals surface area contributed by atoms with Crippen molar-refractivity contribution in [2.24, 2.45) is 11.8 Å². The minimum atomic E-state index is -0.619. The van der Waals surface area contributed by atoms with Crippen LogP contribution in [0.2, 0.25) is 0 Å². The predicted molar refractivity (Wildman–Crippen MR) is 125 cm³/mol. The van der Waals surface area contributed by atoms with Gasteiger partial charge in [0.2, 0.25) is 11.8 Å². The number of carbonyl (C=O) groups is 2. The average molecular weight is 448 g/mol. The quantitative estimate of drug-likeness (QED) is 0.532. The van der Waals surface area contributed by atoms with Gasteiger partial charge in [0.05, 0.1) is 0 Å². The van der Waals surface area contributed by atoms with Crippen molar-refractivity contribution in [2.45, 2.75) is 78.2 Å². The Bertz CT molecular complexity index is 925. The van der Waals surface area contributed by atoms with Crippen molar-refractivity contribution in [3.8, 4) is 0 Å². The Morgan fingerprint density at radius 3 is 2.25 bits per heavy atom. The summed E-state index contributed by atoms with van der Waals surface area (Å²) in [6.07, 6.45) is 7.36. The second kappa shape index (κ2) is 10.8. The summed E-state index contributed by atoms with van der Waals surface area (Å²) in [7, 11) is 0. The molecule has 178 valence electrons. The lowest BCUT2D eigenvalue weighted by atomic mass is 9.94. The number of nitrogen functional groups attached to an aromatic ring is 1. The number of H-pyrrole nitrogens is 1. The van der Waals surface area contributed by atoms with Gasteiger partial charge in [0.15, 0.2) is 5.69 Å². The largest absolute Gasteiger partial charge is 0.383 e. The fourth-order valence-electron chi connectivity index (χ4n) is 4.38. The maximum absolute atomic E-state index is 13.6. The van der Waals surface area contributed by atoms with E-state index in [4.69, 9.17) is 5.73 Å². The summed E-state index contributed by atoms with van der Waals surface area (Å²) < 4.78 is 1.36. The minimum Gasteiger partial charge on any atom is -0.383 e. The molecule has 1 saturated carbocycles. The van der Waals surface area contributed by atoms with Crippen LogP contribution in [0.1, 0.15) is 71.6 Å². The standard InChI is InChI=1S/C23H37N5O4/c1-3-5-7-13-27(18-19(24)28(12-6-4-2)23(32)25-20(18)29)22(31)17-10-14-26(15-11-17)21(30)16-8-9-16/h16-17H,3-15,24H2,1-2H3,(H,25,29,32). The van der Waals surface area contributed by atoms with Crippen LogP contribution in [0.25, 0.3) is 0 Å². The minimum absolute atomic E-state index is 0.0541. The number of hydrogen-bond acceptors (Lipinski definition) is 5. The number of nitrogens with zero attached hydrogens (tertiary/aromatic N) is 3. The van der Waals surface area contributed by atoms with Crippen LogP contribution >= 0.6 is 0 Å². The van der Waals surface area contributed by atoms with E-state index < -0.39 is 11.2 Å². The lowest BCUT2D eigenvalue weighted by Crippen LogP contribution is -2.47. The Balaban J connectivity index is 1.83. The molecular weight excluding hydrogens is 410 g/mol. The Labute approximate surface area is 189 Å². The molecule has 1 aromatic heterocycles. The Morgan fingerprint density at radius 2 is 1.66 bits per heavy atom. The lowest BCUT2D eigenvalue weighted by Gasteiger charge is -2.34. The van der Waals surface area contributed by atoms with E-state index >= 15 is 0 Å². The van der Waals surface area contributed by atoms with Crippen LogP contribution in [0.3, 0.4) is 0 Å².